The van der Waals surface area contributed by atoms with E-state index in [1.54, 1.807) is 31.5 Å². The van der Waals surface area contributed by atoms with Crippen LogP contribution in [0.15, 0.2) is 54.7 Å². The molecule has 2 N–H and O–H groups in total. The number of aromatic nitrogens is 3. The molecule has 2 atom stereocenters. The second kappa shape index (κ2) is 8.98. The summed E-state index contributed by atoms with van der Waals surface area (Å²) in [5.41, 5.74) is 7.85. The third-order valence-corrected chi connectivity index (χ3v) is 7.37. The van der Waals surface area contributed by atoms with Gasteiger partial charge in [0.05, 0.1) is 13.7 Å². The van der Waals surface area contributed by atoms with E-state index in [0.29, 0.717) is 35.6 Å². The number of ether oxygens (including phenoxy) is 2. The fourth-order valence-electron chi connectivity index (χ4n) is 5.44. The Morgan fingerprint density at radius 2 is 1.92 bits per heavy atom. The summed E-state index contributed by atoms with van der Waals surface area (Å²) in [5.74, 6) is 2.35. The van der Waals surface area contributed by atoms with Crippen LogP contribution < -0.4 is 20.1 Å². The molecule has 4 heterocycles. The molecule has 6 rings (SSSR count). The van der Waals surface area contributed by atoms with Crippen molar-refractivity contribution in [2.45, 2.75) is 19.0 Å². The summed E-state index contributed by atoms with van der Waals surface area (Å²) < 4.78 is 27.9. The Hall–Kier alpha value is -3.85. The van der Waals surface area contributed by atoms with Crippen molar-refractivity contribution in [3.8, 4) is 17.2 Å². The number of nitrogens with two attached hydrogens (primary N) is 1. The predicted molar refractivity (Wildman–Crippen MR) is 137 cm³/mol. The molecule has 2 aromatic heterocycles. The van der Waals surface area contributed by atoms with Gasteiger partial charge in [-0.2, -0.15) is 5.10 Å². The first-order valence-electron chi connectivity index (χ1n) is 12.2. The van der Waals surface area contributed by atoms with E-state index in [1.165, 1.54) is 12.5 Å². The lowest BCUT2D eigenvalue weighted by Crippen LogP contribution is -2.32. The number of methoxy groups -OCH3 is 1. The number of nitrogen functional groups attached to an aromatic ring is 1. The molecule has 0 aliphatic carbocycles. The van der Waals surface area contributed by atoms with Crippen molar-refractivity contribution >= 4 is 22.5 Å². The first-order chi connectivity index (χ1) is 17.5. The fraction of sp³-hybridized carbons (Fsp3) is 0.333. The molecule has 4 aromatic rings. The van der Waals surface area contributed by atoms with E-state index in [-0.39, 0.29) is 5.75 Å². The van der Waals surface area contributed by atoms with E-state index in [0.717, 1.165) is 42.2 Å². The minimum Gasteiger partial charge on any atom is -0.497 e. The van der Waals surface area contributed by atoms with Crippen LogP contribution in [0.3, 0.4) is 0 Å². The van der Waals surface area contributed by atoms with Crippen molar-refractivity contribution in [3.05, 3.63) is 66.1 Å². The van der Waals surface area contributed by atoms with Gasteiger partial charge in [-0.15, -0.1) is 0 Å². The quantitative estimate of drug-likeness (QED) is 0.409. The Morgan fingerprint density at radius 1 is 1.08 bits per heavy atom. The maximum atomic E-state index is 14.6. The Bertz CT molecular complexity index is 1410. The molecule has 2 aromatic carbocycles. The largest absolute Gasteiger partial charge is 0.497 e. The van der Waals surface area contributed by atoms with Crippen LogP contribution in [-0.4, -0.2) is 59.5 Å². The van der Waals surface area contributed by atoms with Crippen molar-refractivity contribution in [1.29, 1.82) is 0 Å². The molecule has 36 heavy (non-hydrogen) atoms. The molecule has 2 unspecified atom stereocenters. The summed E-state index contributed by atoms with van der Waals surface area (Å²) in [5, 5.41) is 5.82. The van der Waals surface area contributed by atoms with Gasteiger partial charge in [0.15, 0.2) is 23.0 Å². The van der Waals surface area contributed by atoms with Gasteiger partial charge < -0.3 is 25.0 Å². The van der Waals surface area contributed by atoms with Gasteiger partial charge in [-0.25, -0.2) is 14.1 Å². The highest BCUT2D eigenvalue weighted by molar-refractivity contribution is 5.94. The zero-order valence-electron chi connectivity index (χ0n) is 20.4. The number of hydrogen-bond donors (Lipinski definition) is 1. The zero-order valence-corrected chi connectivity index (χ0v) is 20.4. The Labute approximate surface area is 209 Å². The molecule has 0 spiro atoms. The van der Waals surface area contributed by atoms with E-state index < -0.39 is 5.82 Å². The highest BCUT2D eigenvalue weighted by atomic mass is 19.1. The Kier molecular flexibility index (Phi) is 5.64. The van der Waals surface area contributed by atoms with Crippen molar-refractivity contribution in [1.82, 2.24) is 19.7 Å². The third-order valence-electron chi connectivity index (χ3n) is 7.37. The van der Waals surface area contributed by atoms with Crippen LogP contribution in [0, 0.1) is 11.7 Å². The number of likely N-dealkylation sites (tertiary alicyclic amines) is 1. The standard InChI is InChI=1S/C27H29FN6O2/c1-32-12-10-18-15-33(16-22(18)32)27-25-24(36-23-8-5-19(29)13-21(23)28)9-11-30-26(25)34(31-27)14-17-3-6-20(35-2)7-4-17/h3-9,11,13,18,22H,10,12,14-16,29H2,1-2H3. The van der Waals surface area contributed by atoms with Crippen LogP contribution in [0.1, 0.15) is 12.0 Å². The van der Waals surface area contributed by atoms with Gasteiger partial charge in [0.25, 0.3) is 0 Å². The maximum absolute atomic E-state index is 14.6. The van der Waals surface area contributed by atoms with Gasteiger partial charge in [-0.05, 0) is 55.8 Å². The minimum absolute atomic E-state index is 0.114. The van der Waals surface area contributed by atoms with Crippen molar-refractivity contribution in [2.75, 3.05) is 44.4 Å². The van der Waals surface area contributed by atoms with E-state index in [4.69, 9.17) is 20.3 Å². The maximum Gasteiger partial charge on any atom is 0.167 e. The van der Waals surface area contributed by atoms with Crippen LogP contribution in [0.5, 0.6) is 17.2 Å². The molecule has 0 saturated carbocycles. The molecule has 0 bridgehead atoms. The van der Waals surface area contributed by atoms with Gasteiger partial charge in [0.2, 0.25) is 0 Å². The SMILES string of the molecule is COc1ccc(Cn2nc(N3CC4CCN(C)C4C3)c3c(Oc4ccc(N)cc4F)ccnc32)cc1. The number of hydrogen-bond acceptors (Lipinski definition) is 7. The highest BCUT2D eigenvalue weighted by Gasteiger charge is 2.41. The van der Waals surface area contributed by atoms with Gasteiger partial charge in [-0.1, -0.05) is 12.1 Å². The Balaban J connectivity index is 1.43. The lowest BCUT2D eigenvalue weighted by atomic mass is 10.1. The summed E-state index contributed by atoms with van der Waals surface area (Å²) >= 11 is 0. The normalized spacial score (nSPS) is 19.7. The number of fused-ring (bicyclic) bond motifs is 2. The number of nitrogens with zero attached hydrogens (tertiary/aromatic N) is 5. The lowest BCUT2D eigenvalue weighted by Gasteiger charge is -2.21. The average Bonchev–Trinajstić information content (AvgIpc) is 3.56. The smallest absolute Gasteiger partial charge is 0.167 e. The second-order valence-electron chi connectivity index (χ2n) is 9.63. The molecule has 2 saturated heterocycles. The topological polar surface area (TPSA) is 81.7 Å². The van der Waals surface area contributed by atoms with Gasteiger partial charge in [-0.3, -0.25) is 0 Å². The number of anilines is 2. The second-order valence-corrected chi connectivity index (χ2v) is 9.63. The highest BCUT2D eigenvalue weighted by Crippen LogP contribution is 2.40. The van der Waals surface area contributed by atoms with Gasteiger partial charge in [0.1, 0.15) is 16.9 Å². The Morgan fingerprint density at radius 3 is 2.67 bits per heavy atom. The molecule has 0 radical (unpaired) electrons. The summed E-state index contributed by atoms with van der Waals surface area (Å²) in [4.78, 5) is 9.43. The summed E-state index contributed by atoms with van der Waals surface area (Å²) in [6.07, 6.45) is 2.86. The van der Waals surface area contributed by atoms with Crippen molar-refractivity contribution < 1.29 is 13.9 Å². The van der Waals surface area contributed by atoms with Crippen LogP contribution in [0.25, 0.3) is 11.0 Å². The molecule has 9 heteroatoms. The molecule has 0 amide bonds. The first-order valence-corrected chi connectivity index (χ1v) is 12.2. The van der Waals surface area contributed by atoms with Gasteiger partial charge in [0, 0.05) is 43.1 Å². The van der Waals surface area contributed by atoms with Crippen LogP contribution in [0.2, 0.25) is 0 Å². The third kappa shape index (κ3) is 3.99. The van der Waals surface area contributed by atoms with Crippen LogP contribution >= 0.6 is 0 Å². The van der Waals surface area contributed by atoms with Crippen LogP contribution in [0.4, 0.5) is 15.9 Å². The fourth-order valence-corrected chi connectivity index (χ4v) is 5.44. The number of benzene rings is 2. The van der Waals surface area contributed by atoms with E-state index in [2.05, 4.69) is 21.8 Å². The van der Waals surface area contributed by atoms with Crippen LogP contribution in [-0.2, 0) is 6.54 Å². The molecule has 2 fully saturated rings. The van der Waals surface area contributed by atoms with Crippen molar-refractivity contribution in [2.24, 2.45) is 5.92 Å². The number of halogens is 1. The minimum atomic E-state index is -0.510. The summed E-state index contributed by atoms with van der Waals surface area (Å²) in [7, 11) is 3.84. The monoisotopic (exact) mass is 488 g/mol. The summed E-state index contributed by atoms with van der Waals surface area (Å²) in [6, 6.07) is 14.6. The molecular formula is C27H29FN6O2. The molecule has 186 valence electrons. The van der Waals surface area contributed by atoms with Crippen molar-refractivity contribution in [3.63, 3.8) is 0 Å². The van der Waals surface area contributed by atoms with E-state index in [9.17, 15) is 4.39 Å². The number of rotatable bonds is 6. The first kappa shape index (κ1) is 22.6. The summed E-state index contributed by atoms with van der Waals surface area (Å²) in [6.45, 7) is 3.48. The van der Waals surface area contributed by atoms with E-state index in [1.807, 2.05) is 28.9 Å². The molecule has 2 aliphatic heterocycles. The molecule has 8 nitrogen and oxygen atoms in total. The number of likely N-dealkylation sites (N-methyl/N-ethyl adjacent to an activating group) is 1. The predicted octanol–water partition coefficient (Wildman–Crippen LogP) is 4.14. The molecular weight excluding hydrogens is 459 g/mol. The average molecular weight is 489 g/mol. The van der Waals surface area contributed by atoms with Gasteiger partial charge >= 0.3 is 0 Å². The number of pyridine rings is 1. The van der Waals surface area contributed by atoms with E-state index >= 15 is 0 Å². The molecule has 2 aliphatic rings. The zero-order chi connectivity index (χ0) is 24.8. The lowest BCUT2D eigenvalue weighted by molar-refractivity contribution is 0.310.